The molecule has 0 amide bonds. The van der Waals surface area contributed by atoms with Gasteiger partial charge in [-0.05, 0) is 18.1 Å². The van der Waals surface area contributed by atoms with Gasteiger partial charge in [-0.1, -0.05) is 36.9 Å². The number of carbonyl (C=O) groups is 1. The topological polar surface area (TPSA) is 26.3 Å². The first-order valence-electron chi connectivity index (χ1n) is 4.56. The van der Waals surface area contributed by atoms with Gasteiger partial charge in [0.1, 0.15) is 12.0 Å². The van der Waals surface area contributed by atoms with Crippen LogP contribution >= 0.6 is 0 Å². The van der Waals surface area contributed by atoms with Gasteiger partial charge in [-0.15, -0.1) is 0 Å². The molecule has 1 aliphatic rings. The molecule has 0 radical (unpaired) electrons. The maximum Gasteiger partial charge on any atom is 0.320 e. The number of hydrogen-bond donors (Lipinski definition) is 0. The van der Waals surface area contributed by atoms with Crippen LogP contribution in [-0.4, -0.2) is 12.6 Å². The summed E-state index contributed by atoms with van der Waals surface area (Å²) in [6, 6.07) is 9.62. The van der Waals surface area contributed by atoms with E-state index >= 15 is 0 Å². The van der Waals surface area contributed by atoms with E-state index in [-0.39, 0.29) is 5.97 Å². The molecule has 72 valence electrons. The van der Waals surface area contributed by atoms with E-state index in [0.29, 0.717) is 6.61 Å². The van der Waals surface area contributed by atoms with Crippen LogP contribution in [0, 0.1) is 0 Å². The summed E-state index contributed by atoms with van der Waals surface area (Å²) < 4.78 is 5.00. The minimum atomic E-state index is -0.652. The zero-order chi connectivity index (χ0) is 10.2. The Kier molecular flexibility index (Phi) is 1.92. The predicted molar refractivity (Wildman–Crippen MR) is 53.9 cm³/mol. The molecule has 1 unspecified atom stereocenters. The Morgan fingerprint density at radius 3 is 2.50 bits per heavy atom. The minimum Gasteiger partial charge on any atom is -0.460 e. The third-order valence-corrected chi connectivity index (χ3v) is 2.84. The number of ether oxygens (including phenoxy) is 1. The number of esters is 1. The van der Waals surface area contributed by atoms with Crippen molar-refractivity contribution in [3.05, 3.63) is 48.0 Å². The molecule has 1 saturated heterocycles. The summed E-state index contributed by atoms with van der Waals surface area (Å²) in [6.45, 7) is 6.09. The molecule has 1 heterocycles. The van der Waals surface area contributed by atoms with Crippen molar-refractivity contribution >= 4 is 5.97 Å². The lowest BCUT2D eigenvalue weighted by molar-refractivity contribution is -0.142. The van der Waals surface area contributed by atoms with E-state index in [4.69, 9.17) is 4.74 Å². The monoisotopic (exact) mass is 188 g/mol. The van der Waals surface area contributed by atoms with Crippen molar-refractivity contribution in [1.29, 1.82) is 0 Å². The van der Waals surface area contributed by atoms with Crippen molar-refractivity contribution in [2.45, 2.75) is 12.3 Å². The maximum absolute atomic E-state index is 11.6. The Morgan fingerprint density at radius 1 is 1.36 bits per heavy atom. The molecule has 1 aromatic carbocycles. The summed E-state index contributed by atoms with van der Waals surface area (Å²) in [4.78, 5) is 11.6. The molecule has 2 heteroatoms. The second-order valence-electron chi connectivity index (χ2n) is 3.67. The Hall–Kier alpha value is -1.57. The van der Waals surface area contributed by atoms with Gasteiger partial charge < -0.3 is 4.74 Å². The summed E-state index contributed by atoms with van der Waals surface area (Å²) >= 11 is 0. The summed E-state index contributed by atoms with van der Waals surface area (Å²) in [5, 5.41) is 0. The molecule has 14 heavy (non-hydrogen) atoms. The Morgan fingerprint density at radius 2 is 2.00 bits per heavy atom. The third-order valence-electron chi connectivity index (χ3n) is 2.84. The lowest BCUT2D eigenvalue weighted by Crippen LogP contribution is -2.28. The number of rotatable bonds is 1. The molecule has 0 bridgehead atoms. The molecule has 1 atom stereocenters. The van der Waals surface area contributed by atoms with Crippen molar-refractivity contribution in [1.82, 2.24) is 0 Å². The molecule has 0 N–H and O–H groups in total. The maximum atomic E-state index is 11.6. The summed E-state index contributed by atoms with van der Waals surface area (Å²) in [5.41, 5.74) is 1.13. The molecular formula is C12H12O2. The molecule has 0 aromatic heterocycles. The van der Waals surface area contributed by atoms with Crippen LogP contribution < -0.4 is 0 Å². The van der Waals surface area contributed by atoms with Gasteiger partial charge in [0.25, 0.3) is 0 Å². The van der Waals surface area contributed by atoms with Crippen LogP contribution in [0.25, 0.3) is 0 Å². The number of cyclic esters (lactones) is 1. The fourth-order valence-corrected chi connectivity index (χ4v) is 1.68. The third kappa shape index (κ3) is 1.07. The molecule has 2 rings (SSSR count). The van der Waals surface area contributed by atoms with Gasteiger partial charge in [0.05, 0.1) is 0 Å². The average molecular weight is 188 g/mol. The van der Waals surface area contributed by atoms with Crippen LogP contribution in [-0.2, 0) is 14.9 Å². The van der Waals surface area contributed by atoms with E-state index in [2.05, 4.69) is 6.58 Å². The highest BCUT2D eigenvalue weighted by Gasteiger charge is 2.44. The quantitative estimate of drug-likeness (QED) is 0.498. The first-order valence-corrected chi connectivity index (χ1v) is 4.56. The van der Waals surface area contributed by atoms with E-state index in [9.17, 15) is 4.79 Å². The molecular weight excluding hydrogens is 176 g/mol. The van der Waals surface area contributed by atoms with E-state index in [1.54, 1.807) is 0 Å². The van der Waals surface area contributed by atoms with Gasteiger partial charge in [-0.3, -0.25) is 4.79 Å². The van der Waals surface area contributed by atoms with Gasteiger partial charge >= 0.3 is 5.97 Å². The normalized spacial score (nSPS) is 26.4. The smallest absolute Gasteiger partial charge is 0.320 e. The first-order chi connectivity index (χ1) is 6.65. The molecule has 1 aromatic rings. The Balaban J connectivity index is 2.51. The van der Waals surface area contributed by atoms with Crippen LogP contribution in [0.2, 0.25) is 0 Å². The van der Waals surface area contributed by atoms with Crippen molar-refractivity contribution < 1.29 is 9.53 Å². The standard InChI is InChI=1S/C12H12O2/c1-9-8-14-11(13)12(9,2)10-6-4-3-5-7-10/h3-7H,1,8H2,2H3. The number of hydrogen-bond acceptors (Lipinski definition) is 2. The van der Waals surface area contributed by atoms with Gasteiger partial charge in [-0.2, -0.15) is 0 Å². The van der Waals surface area contributed by atoms with E-state index in [1.807, 2.05) is 37.3 Å². The zero-order valence-corrected chi connectivity index (χ0v) is 8.12. The van der Waals surface area contributed by atoms with Crippen LogP contribution in [0.1, 0.15) is 12.5 Å². The van der Waals surface area contributed by atoms with Crippen molar-refractivity contribution in [2.75, 3.05) is 6.61 Å². The highest BCUT2D eigenvalue weighted by atomic mass is 16.5. The zero-order valence-electron chi connectivity index (χ0n) is 8.12. The van der Waals surface area contributed by atoms with Crippen LogP contribution in [0.5, 0.6) is 0 Å². The van der Waals surface area contributed by atoms with Crippen LogP contribution in [0.15, 0.2) is 42.5 Å². The summed E-state index contributed by atoms with van der Waals surface area (Å²) in [6.07, 6.45) is 0. The van der Waals surface area contributed by atoms with Crippen molar-refractivity contribution in [3.8, 4) is 0 Å². The summed E-state index contributed by atoms with van der Waals surface area (Å²) in [5.74, 6) is -0.200. The van der Waals surface area contributed by atoms with Crippen molar-refractivity contribution in [3.63, 3.8) is 0 Å². The highest BCUT2D eigenvalue weighted by molar-refractivity contribution is 5.89. The predicted octanol–water partition coefficient (Wildman–Crippen LogP) is 2.06. The molecule has 0 aliphatic carbocycles. The Bertz CT molecular complexity index is 363. The summed E-state index contributed by atoms with van der Waals surface area (Å²) in [7, 11) is 0. The van der Waals surface area contributed by atoms with E-state index in [1.165, 1.54) is 0 Å². The van der Waals surface area contributed by atoms with Crippen molar-refractivity contribution in [2.24, 2.45) is 0 Å². The largest absolute Gasteiger partial charge is 0.460 e. The van der Waals surface area contributed by atoms with Gasteiger partial charge in [0, 0.05) is 0 Å². The molecule has 2 nitrogen and oxygen atoms in total. The Labute approximate surface area is 83.2 Å². The minimum absolute atomic E-state index is 0.200. The first kappa shape index (κ1) is 9.00. The number of benzene rings is 1. The molecule has 0 saturated carbocycles. The van der Waals surface area contributed by atoms with E-state index < -0.39 is 5.41 Å². The second-order valence-corrected chi connectivity index (χ2v) is 3.67. The van der Waals surface area contributed by atoms with E-state index in [0.717, 1.165) is 11.1 Å². The molecule has 1 aliphatic heterocycles. The second kappa shape index (κ2) is 2.98. The SMILES string of the molecule is C=C1COC(=O)C1(C)c1ccccc1. The lowest BCUT2D eigenvalue weighted by Gasteiger charge is -2.20. The van der Waals surface area contributed by atoms with Gasteiger partial charge in [0.2, 0.25) is 0 Å². The van der Waals surface area contributed by atoms with Gasteiger partial charge in [0.15, 0.2) is 0 Å². The fraction of sp³-hybridized carbons (Fsp3) is 0.250. The number of carbonyl (C=O) groups excluding carboxylic acids is 1. The average Bonchev–Trinajstić information content (AvgIpc) is 2.49. The lowest BCUT2D eigenvalue weighted by atomic mass is 9.78. The highest BCUT2D eigenvalue weighted by Crippen LogP contribution is 2.36. The van der Waals surface area contributed by atoms with Crippen LogP contribution in [0.3, 0.4) is 0 Å². The molecule has 0 spiro atoms. The fourth-order valence-electron chi connectivity index (χ4n) is 1.68. The van der Waals surface area contributed by atoms with Gasteiger partial charge in [-0.25, -0.2) is 0 Å². The molecule has 1 fully saturated rings. The van der Waals surface area contributed by atoms with Crippen LogP contribution in [0.4, 0.5) is 0 Å².